The highest BCUT2D eigenvalue weighted by atomic mass is 32.2. The first-order valence-corrected chi connectivity index (χ1v) is 13.1. The Morgan fingerprint density at radius 1 is 0.943 bits per heavy atom. The zero-order valence-corrected chi connectivity index (χ0v) is 21.1. The number of amides is 1. The second kappa shape index (κ2) is 10.4. The summed E-state index contributed by atoms with van der Waals surface area (Å²) >= 11 is 0. The lowest BCUT2D eigenvalue weighted by Gasteiger charge is -2.34. The fourth-order valence-electron chi connectivity index (χ4n) is 4.17. The Bertz CT molecular complexity index is 1250. The number of carbonyl (C=O) groups is 1. The summed E-state index contributed by atoms with van der Waals surface area (Å²) in [6.45, 7) is 3.63. The largest absolute Gasteiger partial charge is 0.497 e. The minimum Gasteiger partial charge on any atom is -0.497 e. The first-order valence-electron chi connectivity index (χ1n) is 11.6. The van der Waals surface area contributed by atoms with Crippen LogP contribution in [-0.2, 0) is 10.0 Å². The predicted molar refractivity (Wildman–Crippen MR) is 139 cm³/mol. The van der Waals surface area contributed by atoms with Crippen LogP contribution in [0.1, 0.15) is 28.8 Å². The zero-order chi connectivity index (χ0) is 25.0. The van der Waals surface area contributed by atoms with Crippen molar-refractivity contribution in [3.8, 4) is 5.75 Å². The monoisotopic (exact) mass is 493 g/mol. The molecule has 1 aliphatic rings. The molecule has 1 aliphatic heterocycles. The highest BCUT2D eigenvalue weighted by molar-refractivity contribution is 7.92. The normalized spacial score (nSPS) is 14.4. The maximum atomic E-state index is 12.9. The Hall–Kier alpha value is -3.52. The first-order chi connectivity index (χ1) is 16.8. The number of nitrogens with one attached hydrogen (secondary N) is 1. The highest BCUT2D eigenvalue weighted by Crippen LogP contribution is 2.24. The number of rotatable bonds is 7. The number of anilines is 2. The Kier molecular flexibility index (Phi) is 7.31. The van der Waals surface area contributed by atoms with Gasteiger partial charge in [0, 0.05) is 37.4 Å². The summed E-state index contributed by atoms with van der Waals surface area (Å²) in [7, 11) is -0.506. The highest BCUT2D eigenvalue weighted by Gasteiger charge is 2.23. The van der Waals surface area contributed by atoms with E-state index in [1.807, 2.05) is 19.1 Å². The Labute approximate surface area is 207 Å². The number of piperidine rings is 1. The number of benzene rings is 3. The molecule has 3 aromatic rings. The molecule has 4 rings (SSSR count). The van der Waals surface area contributed by atoms with Crippen molar-refractivity contribution in [2.75, 3.05) is 36.5 Å². The standard InChI is InChI=1S/C27H31N3O4S/c1-20-4-14-26(15-5-20)35(32,33)29(2)23-8-6-21(7-9-23)27(31)28-22-16-18-30(19-17-22)24-10-12-25(34-3)13-11-24/h4-15,22H,16-19H2,1-3H3,(H,28,31). The lowest BCUT2D eigenvalue weighted by molar-refractivity contribution is 0.0931. The molecule has 0 aliphatic carbocycles. The second-order valence-corrected chi connectivity index (χ2v) is 10.7. The lowest BCUT2D eigenvalue weighted by atomic mass is 10.0. The van der Waals surface area contributed by atoms with Crippen molar-refractivity contribution < 1.29 is 17.9 Å². The molecule has 0 radical (unpaired) electrons. The summed E-state index contributed by atoms with van der Waals surface area (Å²) in [5.41, 5.74) is 3.15. The van der Waals surface area contributed by atoms with Gasteiger partial charge in [-0.15, -0.1) is 0 Å². The van der Waals surface area contributed by atoms with E-state index in [4.69, 9.17) is 4.74 Å². The van der Waals surface area contributed by atoms with Gasteiger partial charge in [-0.1, -0.05) is 17.7 Å². The van der Waals surface area contributed by atoms with Gasteiger partial charge in [-0.05, 0) is 80.4 Å². The van der Waals surface area contributed by atoms with Crippen LogP contribution in [0.2, 0.25) is 0 Å². The molecule has 35 heavy (non-hydrogen) atoms. The van der Waals surface area contributed by atoms with Crippen molar-refractivity contribution >= 4 is 27.3 Å². The Morgan fingerprint density at radius 2 is 1.54 bits per heavy atom. The number of sulfonamides is 1. The number of aryl methyl sites for hydroxylation is 1. The average Bonchev–Trinajstić information content (AvgIpc) is 2.89. The van der Waals surface area contributed by atoms with Crippen molar-refractivity contribution in [1.29, 1.82) is 0 Å². The van der Waals surface area contributed by atoms with E-state index in [2.05, 4.69) is 22.3 Å². The maximum absolute atomic E-state index is 12.9. The van der Waals surface area contributed by atoms with Crippen LogP contribution in [0, 0.1) is 6.92 Å². The number of hydrogen-bond acceptors (Lipinski definition) is 5. The van der Waals surface area contributed by atoms with Crippen molar-refractivity contribution in [3.05, 3.63) is 83.9 Å². The quantitative estimate of drug-likeness (QED) is 0.533. The van der Waals surface area contributed by atoms with Crippen molar-refractivity contribution in [2.24, 2.45) is 0 Å². The minimum absolute atomic E-state index is 0.0984. The van der Waals surface area contributed by atoms with Crippen LogP contribution < -0.4 is 19.3 Å². The van der Waals surface area contributed by atoms with E-state index in [1.54, 1.807) is 55.6 Å². The van der Waals surface area contributed by atoms with Crippen LogP contribution in [-0.4, -0.2) is 47.6 Å². The number of carbonyl (C=O) groups excluding carboxylic acids is 1. The second-order valence-electron chi connectivity index (χ2n) is 8.77. The van der Waals surface area contributed by atoms with Crippen molar-refractivity contribution in [2.45, 2.75) is 30.7 Å². The molecule has 0 bridgehead atoms. The summed E-state index contributed by atoms with van der Waals surface area (Å²) in [5, 5.41) is 3.12. The molecule has 0 unspecified atom stereocenters. The minimum atomic E-state index is -3.68. The van der Waals surface area contributed by atoms with E-state index in [9.17, 15) is 13.2 Å². The summed E-state index contributed by atoms with van der Waals surface area (Å²) in [6.07, 6.45) is 1.71. The molecule has 0 spiro atoms. The molecule has 8 heteroatoms. The van der Waals surface area contributed by atoms with E-state index in [-0.39, 0.29) is 16.8 Å². The van der Waals surface area contributed by atoms with E-state index < -0.39 is 10.0 Å². The van der Waals surface area contributed by atoms with Gasteiger partial charge < -0.3 is 15.0 Å². The van der Waals surface area contributed by atoms with E-state index in [0.29, 0.717) is 11.3 Å². The molecule has 0 saturated carbocycles. The first kappa shape index (κ1) is 24.6. The van der Waals surface area contributed by atoms with Crippen LogP contribution >= 0.6 is 0 Å². The Morgan fingerprint density at radius 3 is 2.11 bits per heavy atom. The van der Waals surface area contributed by atoms with Gasteiger partial charge in [-0.25, -0.2) is 8.42 Å². The van der Waals surface area contributed by atoms with Crippen LogP contribution in [0.25, 0.3) is 0 Å². The smallest absolute Gasteiger partial charge is 0.264 e. The molecule has 1 amide bonds. The maximum Gasteiger partial charge on any atom is 0.264 e. The van der Waals surface area contributed by atoms with Gasteiger partial charge in [0.2, 0.25) is 0 Å². The van der Waals surface area contributed by atoms with Gasteiger partial charge in [-0.3, -0.25) is 9.10 Å². The van der Waals surface area contributed by atoms with E-state index in [1.165, 1.54) is 11.4 Å². The van der Waals surface area contributed by atoms with Crippen LogP contribution in [0.4, 0.5) is 11.4 Å². The molecular weight excluding hydrogens is 462 g/mol. The predicted octanol–water partition coefficient (Wildman–Crippen LogP) is 4.23. The number of methoxy groups -OCH3 is 1. The molecule has 184 valence electrons. The van der Waals surface area contributed by atoms with Gasteiger partial charge in [0.05, 0.1) is 17.7 Å². The molecule has 1 fully saturated rings. The third kappa shape index (κ3) is 5.59. The van der Waals surface area contributed by atoms with Gasteiger partial charge in [0.15, 0.2) is 0 Å². The summed E-state index contributed by atoms with van der Waals surface area (Å²) in [6, 6.07) is 21.5. The van der Waals surface area contributed by atoms with E-state index in [0.717, 1.165) is 42.9 Å². The molecule has 1 N–H and O–H groups in total. The molecule has 0 atom stereocenters. The van der Waals surface area contributed by atoms with Crippen LogP contribution in [0.5, 0.6) is 5.75 Å². The summed E-state index contributed by atoms with van der Waals surface area (Å²) in [5.74, 6) is 0.685. The average molecular weight is 494 g/mol. The van der Waals surface area contributed by atoms with Gasteiger partial charge in [0.1, 0.15) is 5.75 Å². The molecule has 0 aromatic heterocycles. The number of hydrogen-bond donors (Lipinski definition) is 1. The number of ether oxygens (including phenoxy) is 1. The Balaban J connectivity index is 1.34. The van der Waals surface area contributed by atoms with E-state index >= 15 is 0 Å². The summed E-state index contributed by atoms with van der Waals surface area (Å²) in [4.78, 5) is 15.3. The topological polar surface area (TPSA) is 79.0 Å². The molecule has 1 saturated heterocycles. The molecular formula is C27H31N3O4S. The fraction of sp³-hybridized carbons (Fsp3) is 0.296. The van der Waals surface area contributed by atoms with Crippen molar-refractivity contribution in [3.63, 3.8) is 0 Å². The number of nitrogens with zero attached hydrogens (tertiary/aromatic N) is 2. The van der Waals surface area contributed by atoms with Crippen molar-refractivity contribution in [1.82, 2.24) is 5.32 Å². The molecule has 3 aromatic carbocycles. The van der Waals surface area contributed by atoms with Gasteiger partial charge in [-0.2, -0.15) is 0 Å². The van der Waals surface area contributed by atoms with Gasteiger partial charge >= 0.3 is 0 Å². The summed E-state index contributed by atoms with van der Waals surface area (Å²) < 4.78 is 32.3. The van der Waals surface area contributed by atoms with Gasteiger partial charge in [0.25, 0.3) is 15.9 Å². The third-order valence-electron chi connectivity index (χ3n) is 6.44. The van der Waals surface area contributed by atoms with Crippen LogP contribution in [0.15, 0.2) is 77.7 Å². The lowest BCUT2D eigenvalue weighted by Crippen LogP contribution is -2.44. The van der Waals surface area contributed by atoms with Crippen LogP contribution in [0.3, 0.4) is 0 Å². The molecule has 1 heterocycles. The SMILES string of the molecule is COc1ccc(N2CCC(NC(=O)c3ccc(N(C)S(=O)(=O)c4ccc(C)cc4)cc3)CC2)cc1. The third-order valence-corrected chi connectivity index (χ3v) is 8.24. The zero-order valence-electron chi connectivity index (χ0n) is 20.3. The molecule has 7 nitrogen and oxygen atoms in total. The fourth-order valence-corrected chi connectivity index (χ4v) is 5.37.